The molecule has 0 spiro atoms. The highest BCUT2D eigenvalue weighted by molar-refractivity contribution is 5.28. The van der Waals surface area contributed by atoms with Crippen LogP contribution in [0.25, 0.3) is 0 Å². The zero-order valence-electron chi connectivity index (χ0n) is 10.4. The van der Waals surface area contributed by atoms with Crippen LogP contribution in [-0.2, 0) is 0 Å². The van der Waals surface area contributed by atoms with Crippen LogP contribution >= 0.6 is 0 Å². The average Bonchev–Trinajstić information content (AvgIpc) is 2.91. The molecular formula is C15H14F2O2. The van der Waals surface area contributed by atoms with E-state index in [2.05, 4.69) is 6.92 Å². The fourth-order valence-corrected chi connectivity index (χ4v) is 2.31. The van der Waals surface area contributed by atoms with Crippen LogP contribution in [0.3, 0.4) is 0 Å². The van der Waals surface area contributed by atoms with Crippen LogP contribution in [0.5, 0.6) is 0 Å². The van der Waals surface area contributed by atoms with Gasteiger partial charge >= 0.3 is 0 Å². The zero-order valence-corrected chi connectivity index (χ0v) is 10.4. The second kappa shape index (κ2) is 4.46. The summed E-state index contributed by atoms with van der Waals surface area (Å²) in [4.78, 5) is 0. The summed E-state index contributed by atoms with van der Waals surface area (Å²) < 4.78 is 32.0. The van der Waals surface area contributed by atoms with Gasteiger partial charge < -0.3 is 9.52 Å². The van der Waals surface area contributed by atoms with Crippen molar-refractivity contribution in [1.82, 2.24) is 0 Å². The summed E-state index contributed by atoms with van der Waals surface area (Å²) in [6, 6.07) is 6.57. The molecule has 1 aliphatic carbocycles. The summed E-state index contributed by atoms with van der Waals surface area (Å²) >= 11 is 0. The van der Waals surface area contributed by atoms with Crippen LogP contribution in [0.4, 0.5) is 8.78 Å². The van der Waals surface area contributed by atoms with Crippen LogP contribution in [0.2, 0.25) is 0 Å². The molecule has 0 amide bonds. The number of benzene rings is 1. The molecule has 3 unspecified atom stereocenters. The highest BCUT2D eigenvalue weighted by Crippen LogP contribution is 2.47. The average molecular weight is 264 g/mol. The predicted octanol–water partition coefficient (Wildman–Crippen LogP) is 3.76. The fraction of sp³-hybridized carbons (Fsp3) is 0.333. The number of aliphatic hydroxyl groups is 1. The van der Waals surface area contributed by atoms with Crippen molar-refractivity contribution in [3.8, 4) is 0 Å². The minimum absolute atomic E-state index is 0.0196. The number of hydrogen-bond donors (Lipinski definition) is 1. The molecule has 0 bridgehead atoms. The summed E-state index contributed by atoms with van der Waals surface area (Å²) in [5.74, 6) is 0.673. The third-order valence-corrected chi connectivity index (χ3v) is 3.65. The summed E-state index contributed by atoms with van der Waals surface area (Å²) in [6.07, 6.45) is -0.128. The third-order valence-electron chi connectivity index (χ3n) is 3.65. The Labute approximate surface area is 109 Å². The van der Waals surface area contributed by atoms with E-state index in [1.807, 2.05) is 6.07 Å². The molecule has 100 valence electrons. The predicted molar refractivity (Wildman–Crippen MR) is 65.6 cm³/mol. The summed E-state index contributed by atoms with van der Waals surface area (Å²) in [6.45, 7) is 2.13. The smallest absolute Gasteiger partial charge is 0.139 e. The largest absolute Gasteiger partial charge is 0.463 e. The van der Waals surface area contributed by atoms with Gasteiger partial charge in [-0.05, 0) is 30.5 Å². The maximum Gasteiger partial charge on any atom is 0.139 e. The molecule has 2 aromatic rings. The molecular weight excluding hydrogens is 250 g/mol. The van der Waals surface area contributed by atoms with Gasteiger partial charge in [0.25, 0.3) is 0 Å². The zero-order chi connectivity index (χ0) is 13.6. The highest BCUT2D eigenvalue weighted by Gasteiger charge is 2.37. The van der Waals surface area contributed by atoms with Gasteiger partial charge in [0.1, 0.15) is 29.3 Å². The van der Waals surface area contributed by atoms with Crippen molar-refractivity contribution in [2.75, 3.05) is 0 Å². The van der Waals surface area contributed by atoms with E-state index in [1.165, 1.54) is 6.07 Å². The first kappa shape index (κ1) is 12.4. The van der Waals surface area contributed by atoms with E-state index in [0.717, 1.165) is 24.3 Å². The topological polar surface area (TPSA) is 33.4 Å². The molecule has 3 atom stereocenters. The van der Waals surface area contributed by atoms with E-state index in [0.29, 0.717) is 17.6 Å². The van der Waals surface area contributed by atoms with Gasteiger partial charge in [-0.25, -0.2) is 8.78 Å². The molecule has 0 aliphatic heterocycles. The first-order valence-electron chi connectivity index (χ1n) is 6.29. The summed E-state index contributed by atoms with van der Waals surface area (Å²) in [7, 11) is 0. The maximum atomic E-state index is 13.6. The van der Waals surface area contributed by atoms with Crippen molar-refractivity contribution < 1.29 is 18.3 Å². The van der Waals surface area contributed by atoms with Gasteiger partial charge in [0.05, 0.1) is 0 Å². The van der Waals surface area contributed by atoms with Crippen LogP contribution in [0, 0.1) is 17.6 Å². The monoisotopic (exact) mass is 264 g/mol. The van der Waals surface area contributed by atoms with Crippen molar-refractivity contribution in [1.29, 1.82) is 0 Å². The van der Waals surface area contributed by atoms with E-state index < -0.39 is 17.7 Å². The Morgan fingerprint density at radius 2 is 2.00 bits per heavy atom. The quantitative estimate of drug-likeness (QED) is 0.915. The Bertz CT molecular complexity index is 606. The highest BCUT2D eigenvalue weighted by atomic mass is 19.1. The van der Waals surface area contributed by atoms with Crippen molar-refractivity contribution in [2.24, 2.45) is 5.92 Å². The van der Waals surface area contributed by atoms with Gasteiger partial charge in [-0.3, -0.25) is 0 Å². The first-order chi connectivity index (χ1) is 9.06. The third kappa shape index (κ3) is 2.28. The van der Waals surface area contributed by atoms with Crippen LogP contribution < -0.4 is 0 Å². The van der Waals surface area contributed by atoms with Gasteiger partial charge in [-0.15, -0.1) is 0 Å². The molecule has 3 rings (SSSR count). The minimum Gasteiger partial charge on any atom is -0.463 e. The lowest BCUT2D eigenvalue weighted by atomic mass is 10.1. The van der Waals surface area contributed by atoms with E-state index in [-0.39, 0.29) is 5.56 Å². The Balaban J connectivity index is 1.86. The lowest BCUT2D eigenvalue weighted by Gasteiger charge is -2.09. The SMILES string of the molecule is CC1CC1c1ccc(C(O)c2ccc(F)cc2F)o1. The molecule has 1 N–H and O–H groups in total. The van der Waals surface area contributed by atoms with Crippen molar-refractivity contribution in [3.05, 3.63) is 59.1 Å². The molecule has 1 aromatic carbocycles. The number of furan rings is 1. The number of aliphatic hydroxyl groups excluding tert-OH is 1. The molecule has 1 saturated carbocycles. The standard InChI is InChI=1S/C15H14F2O2/c1-8-6-11(8)13-4-5-14(19-13)15(18)10-3-2-9(16)7-12(10)17/h2-5,7-8,11,15,18H,6H2,1H3. The van der Waals surface area contributed by atoms with Crippen LogP contribution in [0.15, 0.2) is 34.7 Å². The normalized spacial score (nSPS) is 23.4. The van der Waals surface area contributed by atoms with Gasteiger partial charge in [0, 0.05) is 17.5 Å². The van der Waals surface area contributed by atoms with Crippen molar-refractivity contribution in [2.45, 2.75) is 25.4 Å². The number of halogens is 2. The molecule has 1 aliphatic rings. The van der Waals surface area contributed by atoms with Gasteiger partial charge in [0.2, 0.25) is 0 Å². The molecule has 2 nitrogen and oxygen atoms in total. The Kier molecular flexibility index (Phi) is 2.90. The minimum atomic E-state index is -1.21. The molecule has 0 saturated heterocycles. The molecule has 1 aromatic heterocycles. The summed E-state index contributed by atoms with van der Waals surface area (Å²) in [5.41, 5.74) is 0.0196. The van der Waals surface area contributed by atoms with Crippen molar-refractivity contribution >= 4 is 0 Å². The van der Waals surface area contributed by atoms with Crippen LogP contribution in [0.1, 0.15) is 42.5 Å². The molecule has 4 heteroatoms. The Hall–Kier alpha value is -1.68. The number of hydrogen-bond acceptors (Lipinski definition) is 2. The van der Waals surface area contributed by atoms with E-state index >= 15 is 0 Å². The second-order valence-corrected chi connectivity index (χ2v) is 5.13. The lowest BCUT2D eigenvalue weighted by Crippen LogP contribution is -2.01. The van der Waals surface area contributed by atoms with Gasteiger partial charge in [-0.1, -0.05) is 13.0 Å². The van der Waals surface area contributed by atoms with Crippen molar-refractivity contribution in [3.63, 3.8) is 0 Å². The Morgan fingerprint density at radius 1 is 1.26 bits per heavy atom. The first-order valence-corrected chi connectivity index (χ1v) is 6.29. The number of rotatable bonds is 3. The van der Waals surface area contributed by atoms with E-state index in [1.54, 1.807) is 6.07 Å². The van der Waals surface area contributed by atoms with E-state index in [9.17, 15) is 13.9 Å². The second-order valence-electron chi connectivity index (χ2n) is 5.13. The van der Waals surface area contributed by atoms with Crippen LogP contribution in [-0.4, -0.2) is 5.11 Å². The van der Waals surface area contributed by atoms with Gasteiger partial charge in [-0.2, -0.15) is 0 Å². The van der Waals surface area contributed by atoms with Gasteiger partial charge in [0.15, 0.2) is 0 Å². The maximum absolute atomic E-state index is 13.6. The molecule has 0 radical (unpaired) electrons. The molecule has 1 fully saturated rings. The Morgan fingerprint density at radius 3 is 2.63 bits per heavy atom. The fourth-order valence-electron chi connectivity index (χ4n) is 2.31. The lowest BCUT2D eigenvalue weighted by molar-refractivity contribution is 0.182. The molecule has 19 heavy (non-hydrogen) atoms. The summed E-state index contributed by atoms with van der Waals surface area (Å²) in [5, 5.41) is 10.1. The van der Waals surface area contributed by atoms with E-state index in [4.69, 9.17) is 4.42 Å². The molecule has 1 heterocycles.